The molecule has 0 aromatic carbocycles. The predicted octanol–water partition coefficient (Wildman–Crippen LogP) is 3.71. The molecule has 2 aliphatic rings. The Morgan fingerprint density at radius 3 is 2.82 bits per heavy atom. The Morgan fingerprint density at radius 1 is 1.47 bits per heavy atom. The van der Waals surface area contributed by atoms with Gasteiger partial charge >= 0.3 is 0 Å². The van der Waals surface area contributed by atoms with Gasteiger partial charge in [-0.1, -0.05) is 6.92 Å². The van der Waals surface area contributed by atoms with Crippen molar-refractivity contribution in [1.82, 2.24) is 0 Å². The van der Waals surface area contributed by atoms with Crippen molar-refractivity contribution in [2.75, 3.05) is 0 Å². The monoisotopic (exact) mass is 236 g/mol. The van der Waals surface area contributed by atoms with Crippen LogP contribution in [-0.4, -0.2) is 11.4 Å². The fourth-order valence-corrected chi connectivity index (χ4v) is 3.41. The van der Waals surface area contributed by atoms with Crippen LogP contribution < -0.4 is 0 Å². The maximum absolute atomic E-state index is 11.2. The molecule has 0 amide bonds. The summed E-state index contributed by atoms with van der Waals surface area (Å²) in [7, 11) is 0. The summed E-state index contributed by atoms with van der Waals surface area (Å²) in [4.78, 5) is 11.2. The van der Waals surface area contributed by atoms with E-state index < -0.39 is 0 Å². The molecule has 3 atom stereocenters. The second-order valence-corrected chi connectivity index (χ2v) is 6.29. The lowest BCUT2D eigenvalue weighted by Gasteiger charge is -2.38. The third kappa shape index (κ3) is 2.41. The van der Waals surface area contributed by atoms with Crippen molar-refractivity contribution in [3.8, 4) is 0 Å². The number of hydrogen-bond acceptors (Lipinski definition) is 2. The number of fused-ring (bicyclic) bond motifs is 1. The molecule has 1 aliphatic carbocycles. The van der Waals surface area contributed by atoms with Crippen molar-refractivity contribution in [1.29, 1.82) is 0 Å². The number of hydrogen-bond donors (Lipinski definition) is 0. The van der Waals surface area contributed by atoms with E-state index in [1.807, 2.05) is 6.26 Å². The van der Waals surface area contributed by atoms with Crippen molar-refractivity contribution in [2.24, 2.45) is 17.8 Å². The van der Waals surface area contributed by atoms with Crippen LogP contribution in [0.3, 0.4) is 0 Å². The van der Waals surface area contributed by atoms with Crippen molar-refractivity contribution in [2.45, 2.75) is 59.0 Å². The van der Waals surface area contributed by atoms with Crippen LogP contribution in [0, 0.1) is 17.8 Å². The van der Waals surface area contributed by atoms with Gasteiger partial charge in [0.15, 0.2) is 0 Å². The quantitative estimate of drug-likeness (QED) is 0.746. The molecule has 2 rings (SSSR count). The molecule has 1 fully saturated rings. The summed E-state index contributed by atoms with van der Waals surface area (Å²) in [5, 5.41) is 0. The van der Waals surface area contributed by atoms with Crippen molar-refractivity contribution in [3.63, 3.8) is 0 Å². The zero-order valence-corrected chi connectivity index (χ0v) is 11.5. The number of rotatable bonds is 3. The van der Waals surface area contributed by atoms with Crippen molar-refractivity contribution in [3.05, 3.63) is 11.8 Å². The lowest BCUT2D eigenvalue weighted by molar-refractivity contribution is -0.117. The Balaban J connectivity index is 2.11. The average Bonchev–Trinajstić information content (AvgIpc) is 2.53. The van der Waals surface area contributed by atoms with Gasteiger partial charge in [0.25, 0.3) is 0 Å². The van der Waals surface area contributed by atoms with Gasteiger partial charge in [-0.3, -0.25) is 0 Å². The zero-order valence-electron chi connectivity index (χ0n) is 11.5. The second-order valence-electron chi connectivity index (χ2n) is 6.29. The van der Waals surface area contributed by atoms with Gasteiger partial charge in [-0.15, -0.1) is 0 Å². The topological polar surface area (TPSA) is 26.3 Å². The van der Waals surface area contributed by atoms with Crippen LogP contribution in [0.2, 0.25) is 0 Å². The smallest absolute Gasteiger partial charge is 0.129 e. The van der Waals surface area contributed by atoms with E-state index in [2.05, 4.69) is 20.8 Å². The zero-order chi connectivity index (χ0) is 12.6. The summed E-state index contributed by atoms with van der Waals surface area (Å²) in [5.41, 5.74) is 1.43. The molecule has 1 aliphatic heterocycles. The number of ketones is 1. The third-order valence-electron chi connectivity index (χ3n) is 4.57. The molecule has 1 saturated carbocycles. The predicted molar refractivity (Wildman–Crippen MR) is 68.5 cm³/mol. The van der Waals surface area contributed by atoms with Crippen LogP contribution in [0.25, 0.3) is 0 Å². The van der Waals surface area contributed by atoms with E-state index in [0.29, 0.717) is 30.0 Å². The van der Waals surface area contributed by atoms with Gasteiger partial charge in [0, 0.05) is 12.3 Å². The lowest BCUT2D eigenvalue weighted by atomic mass is 9.66. The normalized spacial score (nSPS) is 34.8. The van der Waals surface area contributed by atoms with E-state index in [0.717, 1.165) is 6.42 Å². The number of Topliss-reactive ketones (excluding diaryl/α,β-unsaturated/α-hetero) is 1. The highest BCUT2D eigenvalue weighted by Gasteiger charge is 2.45. The lowest BCUT2D eigenvalue weighted by Crippen LogP contribution is -2.35. The first-order valence-electron chi connectivity index (χ1n) is 6.79. The maximum atomic E-state index is 11.2. The highest BCUT2D eigenvalue weighted by molar-refractivity contribution is 5.75. The SMILES string of the molecule is CC(=O)CC[C@@H]1C2=COC(C)(C)[C@@H]2CC[C@H]1C. The summed E-state index contributed by atoms with van der Waals surface area (Å²) in [6.45, 7) is 8.36. The Labute approximate surface area is 104 Å². The largest absolute Gasteiger partial charge is 0.495 e. The summed E-state index contributed by atoms with van der Waals surface area (Å²) in [6, 6.07) is 0. The Hall–Kier alpha value is -0.790. The van der Waals surface area contributed by atoms with Gasteiger partial charge < -0.3 is 9.53 Å². The summed E-state index contributed by atoms with van der Waals surface area (Å²) in [6.07, 6.45) is 6.19. The molecule has 0 spiro atoms. The summed E-state index contributed by atoms with van der Waals surface area (Å²) in [5.74, 6) is 2.11. The number of ether oxygens (including phenoxy) is 1. The standard InChI is InChI=1S/C15H24O2/c1-10-5-8-14-13(9-17-15(14,3)4)12(10)7-6-11(2)16/h9-10,12,14H,5-8H2,1-4H3/t10-,12+,14-/m1/s1. The van der Waals surface area contributed by atoms with E-state index in [-0.39, 0.29) is 5.60 Å². The van der Waals surface area contributed by atoms with Gasteiger partial charge in [0.05, 0.1) is 6.26 Å². The molecule has 0 N–H and O–H groups in total. The molecular weight excluding hydrogens is 212 g/mol. The molecule has 0 unspecified atom stereocenters. The van der Waals surface area contributed by atoms with Gasteiger partial charge in [-0.05, 0) is 57.4 Å². The van der Waals surface area contributed by atoms with E-state index in [1.54, 1.807) is 6.92 Å². The van der Waals surface area contributed by atoms with E-state index in [9.17, 15) is 4.79 Å². The van der Waals surface area contributed by atoms with E-state index in [4.69, 9.17) is 4.74 Å². The van der Waals surface area contributed by atoms with Gasteiger partial charge in [0.1, 0.15) is 11.4 Å². The maximum Gasteiger partial charge on any atom is 0.129 e. The van der Waals surface area contributed by atoms with Crippen molar-refractivity contribution >= 4 is 5.78 Å². The average molecular weight is 236 g/mol. The first-order chi connectivity index (χ1) is 7.92. The molecular formula is C15H24O2. The molecule has 0 aromatic rings. The highest BCUT2D eigenvalue weighted by atomic mass is 16.5. The minimum Gasteiger partial charge on any atom is -0.495 e. The van der Waals surface area contributed by atoms with Gasteiger partial charge in [-0.25, -0.2) is 0 Å². The van der Waals surface area contributed by atoms with Crippen LogP contribution in [0.15, 0.2) is 11.8 Å². The van der Waals surface area contributed by atoms with E-state index >= 15 is 0 Å². The molecule has 2 heteroatoms. The minimum absolute atomic E-state index is 0.0378. The van der Waals surface area contributed by atoms with Crippen LogP contribution in [0.5, 0.6) is 0 Å². The Kier molecular flexibility index (Phi) is 3.33. The second kappa shape index (κ2) is 4.47. The summed E-state index contributed by atoms with van der Waals surface area (Å²) >= 11 is 0. The number of carbonyl (C=O) groups excluding carboxylic acids is 1. The molecule has 0 radical (unpaired) electrons. The fraction of sp³-hybridized carbons (Fsp3) is 0.800. The van der Waals surface area contributed by atoms with Crippen LogP contribution >= 0.6 is 0 Å². The van der Waals surface area contributed by atoms with Crippen LogP contribution in [0.4, 0.5) is 0 Å². The van der Waals surface area contributed by atoms with Crippen LogP contribution in [0.1, 0.15) is 53.4 Å². The first kappa shape index (κ1) is 12.7. The number of carbonyl (C=O) groups is 1. The third-order valence-corrected chi connectivity index (χ3v) is 4.57. The Morgan fingerprint density at radius 2 is 2.18 bits per heavy atom. The van der Waals surface area contributed by atoms with E-state index in [1.165, 1.54) is 18.4 Å². The first-order valence-corrected chi connectivity index (χ1v) is 6.79. The molecule has 1 heterocycles. The Bertz CT molecular complexity index is 341. The summed E-state index contributed by atoms with van der Waals surface area (Å²) < 4.78 is 5.83. The molecule has 0 aromatic heterocycles. The van der Waals surface area contributed by atoms with Crippen LogP contribution in [-0.2, 0) is 9.53 Å². The van der Waals surface area contributed by atoms with Gasteiger partial charge in [0.2, 0.25) is 0 Å². The molecule has 96 valence electrons. The molecule has 17 heavy (non-hydrogen) atoms. The molecule has 0 bridgehead atoms. The van der Waals surface area contributed by atoms with Gasteiger partial charge in [-0.2, -0.15) is 0 Å². The minimum atomic E-state index is -0.0378. The fourth-order valence-electron chi connectivity index (χ4n) is 3.41. The molecule has 2 nitrogen and oxygen atoms in total. The molecule has 0 saturated heterocycles. The highest BCUT2D eigenvalue weighted by Crippen LogP contribution is 2.49. The van der Waals surface area contributed by atoms with Crippen molar-refractivity contribution < 1.29 is 9.53 Å².